The van der Waals surface area contributed by atoms with Crippen LogP contribution in [0.3, 0.4) is 0 Å². The number of para-hydroxylation sites is 2. The number of carbonyl (C=O) groups excluding carboxylic acids is 2. The predicted molar refractivity (Wildman–Crippen MR) is 150 cm³/mol. The molecule has 0 aliphatic carbocycles. The number of fused-ring (bicyclic) bond motifs is 10. The lowest BCUT2D eigenvalue weighted by atomic mass is 9.60. The fourth-order valence-electron chi connectivity index (χ4n) is 8.66. The second-order valence-electron chi connectivity index (χ2n) is 12.9. The van der Waals surface area contributed by atoms with Gasteiger partial charge in [0.1, 0.15) is 24.4 Å². The monoisotopic (exact) mass is 508 g/mol. The van der Waals surface area contributed by atoms with Crippen molar-refractivity contribution in [2.45, 2.75) is 75.8 Å². The van der Waals surface area contributed by atoms with Crippen LogP contribution in [0.25, 0.3) is 0 Å². The number of anilines is 2. The zero-order chi connectivity index (χ0) is 26.8. The van der Waals surface area contributed by atoms with Gasteiger partial charge in [0.05, 0.1) is 0 Å². The number of rotatable bonds is 4. The van der Waals surface area contributed by atoms with Gasteiger partial charge in [0, 0.05) is 22.2 Å². The molecule has 2 aromatic rings. The molecule has 0 saturated carbocycles. The van der Waals surface area contributed by atoms with Gasteiger partial charge >= 0.3 is 0 Å². The van der Waals surface area contributed by atoms with E-state index in [2.05, 4.69) is 75.8 Å². The third-order valence-corrected chi connectivity index (χ3v) is 11.0. The topological polar surface area (TPSA) is 64.7 Å². The molecule has 38 heavy (non-hydrogen) atoms. The number of carbonyl (C=O) groups is 2. The van der Waals surface area contributed by atoms with E-state index in [0.29, 0.717) is 12.8 Å². The highest BCUT2D eigenvalue weighted by atomic mass is 16.2. The van der Waals surface area contributed by atoms with E-state index in [9.17, 15) is 9.59 Å². The molecule has 5 heterocycles. The Morgan fingerprint density at radius 1 is 0.737 bits per heavy atom. The van der Waals surface area contributed by atoms with E-state index in [1.807, 2.05) is 46.2 Å². The summed E-state index contributed by atoms with van der Waals surface area (Å²) in [5.74, 6) is 0.0733. The van der Waals surface area contributed by atoms with Crippen LogP contribution in [0.5, 0.6) is 0 Å². The molecule has 2 N–H and O–H groups in total. The van der Waals surface area contributed by atoms with Crippen LogP contribution < -0.4 is 10.6 Å². The first kappa shape index (κ1) is 23.6. The van der Waals surface area contributed by atoms with Crippen molar-refractivity contribution in [2.75, 3.05) is 10.6 Å². The molecule has 0 aromatic heterocycles. The molecule has 5 aliphatic heterocycles. The van der Waals surface area contributed by atoms with E-state index in [1.165, 1.54) is 11.1 Å². The summed E-state index contributed by atoms with van der Waals surface area (Å²) in [6.45, 7) is 17.1. The molecule has 5 aliphatic rings. The molecule has 0 spiro atoms. The molecule has 6 atom stereocenters. The average Bonchev–Trinajstić information content (AvgIpc) is 3.62. The molecular formula is C32H36N4O2. The van der Waals surface area contributed by atoms with Crippen molar-refractivity contribution in [3.05, 3.63) is 85.0 Å². The van der Waals surface area contributed by atoms with Crippen molar-refractivity contribution in [1.29, 1.82) is 0 Å². The highest BCUT2D eigenvalue weighted by molar-refractivity contribution is 6.00. The van der Waals surface area contributed by atoms with Gasteiger partial charge in [-0.3, -0.25) is 9.59 Å². The highest BCUT2D eigenvalue weighted by Crippen LogP contribution is 2.64. The lowest BCUT2D eigenvalue weighted by Crippen LogP contribution is -2.66. The van der Waals surface area contributed by atoms with Crippen molar-refractivity contribution in [3.8, 4) is 0 Å². The van der Waals surface area contributed by atoms with Gasteiger partial charge < -0.3 is 20.4 Å². The summed E-state index contributed by atoms with van der Waals surface area (Å²) in [7, 11) is 0. The largest absolute Gasteiger partial charge is 0.364 e. The number of benzene rings is 2. The van der Waals surface area contributed by atoms with Gasteiger partial charge in [-0.05, 0) is 46.9 Å². The molecular weight excluding hydrogens is 472 g/mol. The Bertz CT molecular complexity index is 1320. The third-order valence-electron chi connectivity index (χ3n) is 11.0. The number of piperazine rings is 1. The summed E-state index contributed by atoms with van der Waals surface area (Å²) < 4.78 is 0. The Morgan fingerprint density at radius 3 is 1.47 bits per heavy atom. The maximum Gasteiger partial charge on any atom is 0.247 e. The van der Waals surface area contributed by atoms with Crippen molar-refractivity contribution < 1.29 is 9.59 Å². The molecule has 3 saturated heterocycles. The lowest BCUT2D eigenvalue weighted by Gasteiger charge is -2.45. The fourth-order valence-corrected chi connectivity index (χ4v) is 8.66. The number of nitrogens with one attached hydrogen (secondary N) is 2. The summed E-state index contributed by atoms with van der Waals surface area (Å²) in [5.41, 5.74) is 2.80. The molecule has 2 aromatic carbocycles. The Morgan fingerprint density at radius 2 is 1.11 bits per heavy atom. The summed E-state index contributed by atoms with van der Waals surface area (Å²) in [4.78, 5) is 33.0. The molecule has 3 fully saturated rings. The van der Waals surface area contributed by atoms with Gasteiger partial charge in [-0.1, -0.05) is 76.2 Å². The number of allylic oxidation sites excluding steroid dienone is 2. The van der Waals surface area contributed by atoms with Crippen molar-refractivity contribution >= 4 is 23.2 Å². The van der Waals surface area contributed by atoms with Gasteiger partial charge in [-0.15, -0.1) is 13.2 Å². The van der Waals surface area contributed by atoms with E-state index < -0.39 is 22.9 Å². The van der Waals surface area contributed by atoms with E-state index in [1.54, 1.807) is 0 Å². The summed E-state index contributed by atoms with van der Waals surface area (Å²) in [6, 6.07) is 15.5. The number of hydrogen-bond donors (Lipinski definition) is 2. The van der Waals surface area contributed by atoms with E-state index >= 15 is 0 Å². The predicted octanol–water partition coefficient (Wildman–Crippen LogP) is 5.01. The highest BCUT2D eigenvalue weighted by Gasteiger charge is 2.73. The van der Waals surface area contributed by atoms with Gasteiger partial charge in [-0.2, -0.15) is 0 Å². The molecule has 0 radical (unpaired) electrons. The van der Waals surface area contributed by atoms with Gasteiger partial charge in [0.2, 0.25) is 11.8 Å². The van der Waals surface area contributed by atoms with Crippen LogP contribution in [0, 0.1) is 10.8 Å². The molecule has 2 amide bonds. The molecule has 6 nitrogen and oxygen atoms in total. The van der Waals surface area contributed by atoms with Crippen LogP contribution in [0.1, 0.15) is 51.7 Å². The minimum Gasteiger partial charge on any atom is -0.364 e. The van der Waals surface area contributed by atoms with Crippen LogP contribution in [0.15, 0.2) is 73.8 Å². The SMILES string of the molecule is C=CC(C)(C)C12C[C@H]3C(=O)N4[C@H]5Nc6ccccc6[C@@]5(C(C)(C)C=C)C[C@H]4C(=O)N3[C@@H]1Nc1ccccc12. The van der Waals surface area contributed by atoms with Crippen LogP contribution in [0.2, 0.25) is 0 Å². The van der Waals surface area contributed by atoms with Crippen LogP contribution in [-0.2, 0) is 20.4 Å². The third kappa shape index (κ3) is 2.37. The first-order valence-electron chi connectivity index (χ1n) is 13.7. The maximum absolute atomic E-state index is 14.6. The molecule has 196 valence electrons. The summed E-state index contributed by atoms with van der Waals surface area (Å²) in [6.07, 6.45) is 4.50. The fraction of sp³-hybridized carbons (Fsp3) is 0.438. The average molecular weight is 509 g/mol. The zero-order valence-corrected chi connectivity index (χ0v) is 22.6. The van der Waals surface area contributed by atoms with Gasteiger partial charge in [-0.25, -0.2) is 0 Å². The molecule has 1 unspecified atom stereocenters. The number of nitrogens with zero attached hydrogens (tertiary/aromatic N) is 2. The van der Waals surface area contributed by atoms with Crippen LogP contribution in [0.4, 0.5) is 11.4 Å². The first-order valence-corrected chi connectivity index (χ1v) is 13.7. The number of hydrogen-bond acceptors (Lipinski definition) is 4. The number of amides is 2. The van der Waals surface area contributed by atoms with Crippen molar-refractivity contribution in [3.63, 3.8) is 0 Å². The maximum atomic E-state index is 14.6. The van der Waals surface area contributed by atoms with E-state index in [0.717, 1.165) is 11.4 Å². The second-order valence-corrected chi connectivity index (χ2v) is 12.9. The lowest BCUT2D eigenvalue weighted by molar-refractivity contribution is -0.160. The van der Waals surface area contributed by atoms with Gasteiger partial charge in [0.25, 0.3) is 0 Å². The van der Waals surface area contributed by atoms with Crippen molar-refractivity contribution in [2.24, 2.45) is 10.8 Å². The van der Waals surface area contributed by atoms with E-state index in [4.69, 9.17) is 0 Å². The zero-order valence-electron chi connectivity index (χ0n) is 22.6. The van der Waals surface area contributed by atoms with Crippen LogP contribution >= 0.6 is 0 Å². The quantitative estimate of drug-likeness (QED) is 0.570. The van der Waals surface area contributed by atoms with Gasteiger partial charge in [0.15, 0.2) is 0 Å². The standard InChI is InChI=1S/C32H36N4O2/c1-7-29(3,4)31-17-23-25(37)36-24(26(38)35(23)27(31)33-21-15-11-9-13-19(21)31)18-32(30(5,6)8-2)20-14-10-12-16-22(20)34-28(32)36/h7-16,23-24,27-28,33-34H,1-2,17-18H2,3-6H3/t23-,24-,27-,28+,31?,32-/m0/s1. The molecule has 7 rings (SSSR count). The van der Waals surface area contributed by atoms with Crippen molar-refractivity contribution in [1.82, 2.24) is 9.80 Å². The Balaban J connectivity index is 1.38. The summed E-state index contributed by atoms with van der Waals surface area (Å²) in [5, 5.41) is 7.36. The normalized spacial score (nSPS) is 34.4. The van der Waals surface area contributed by atoms with E-state index in [-0.39, 0.29) is 35.0 Å². The minimum atomic E-state index is -0.531. The Labute approximate surface area is 224 Å². The first-order chi connectivity index (χ1) is 18.1. The smallest absolute Gasteiger partial charge is 0.247 e. The minimum absolute atomic E-state index is 0.0366. The molecule has 6 heteroatoms. The van der Waals surface area contributed by atoms with Crippen LogP contribution in [-0.4, -0.2) is 46.0 Å². The molecule has 0 bridgehead atoms. The summed E-state index contributed by atoms with van der Waals surface area (Å²) >= 11 is 0. The Hall–Kier alpha value is -3.54. The second kappa shape index (κ2) is 7.10. The Kier molecular flexibility index (Phi) is 4.40.